The zero-order chi connectivity index (χ0) is 22.2. The highest BCUT2D eigenvalue weighted by Gasteiger charge is 2.12. The maximum absolute atomic E-state index is 12.1. The van der Waals surface area contributed by atoms with Gasteiger partial charge in [0.15, 0.2) is 0 Å². The number of imide groups is 1. The third kappa shape index (κ3) is 5.76. The zero-order valence-electron chi connectivity index (χ0n) is 17.0. The number of benzene rings is 3. The molecule has 2 N–H and O–H groups in total. The first-order valence-electron chi connectivity index (χ1n) is 9.86. The Morgan fingerprint density at radius 3 is 2.28 bits per heavy atom. The highest BCUT2D eigenvalue weighted by Crippen LogP contribution is 2.17. The van der Waals surface area contributed by atoms with Gasteiger partial charge in [-0.2, -0.15) is 4.80 Å². The topological polar surface area (TPSA) is 111 Å². The van der Waals surface area contributed by atoms with Gasteiger partial charge in [-0.25, -0.2) is 4.79 Å². The number of carbonyl (C=O) groups excluding carboxylic acids is 2. The fourth-order valence-corrected chi connectivity index (χ4v) is 2.85. The van der Waals surface area contributed by atoms with Crippen LogP contribution in [0.1, 0.15) is 5.56 Å². The highest BCUT2D eigenvalue weighted by molar-refractivity contribution is 6.01. The van der Waals surface area contributed by atoms with Gasteiger partial charge in [-0.15, -0.1) is 10.2 Å². The maximum atomic E-state index is 12.1. The number of aromatic nitrogens is 4. The molecule has 4 aromatic rings. The molecular formula is C23H20N6O3. The van der Waals surface area contributed by atoms with Crippen molar-refractivity contribution in [1.82, 2.24) is 25.5 Å². The summed E-state index contributed by atoms with van der Waals surface area (Å²) < 4.78 is 5.71. The largest absolute Gasteiger partial charge is 0.489 e. The number of tetrazole rings is 1. The summed E-state index contributed by atoms with van der Waals surface area (Å²) in [7, 11) is 0. The summed E-state index contributed by atoms with van der Waals surface area (Å²) in [6, 6.07) is 25.3. The molecule has 4 rings (SSSR count). The van der Waals surface area contributed by atoms with E-state index in [9.17, 15) is 9.59 Å². The number of carbonyl (C=O) groups is 2. The van der Waals surface area contributed by atoms with Crippen molar-refractivity contribution in [2.24, 2.45) is 0 Å². The quantitative estimate of drug-likeness (QED) is 0.467. The first kappa shape index (κ1) is 20.7. The van der Waals surface area contributed by atoms with Crippen LogP contribution in [0.2, 0.25) is 0 Å². The predicted octanol–water partition coefficient (Wildman–Crippen LogP) is 3.27. The molecule has 3 aromatic carbocycles. The average Bonchev–Trinajstić information content (AvgIpc) is 3.28. The lowest BCUT2D eigenvalue weighted by Crippen LogP contribution is -2.37. The van der Waals surface area contributed by atoms with Gasteiger partial charge in [0.2, 0.25) is 5.82 Å². The van der Waals surface area contributed by atoms with Crippen molar-refractivity contribution >= 4 is 17.6 Å². The van der Waals surface area contributed by atoms with Crippen LogP contribution < -0.4 is 15.4 Å². The van der Waals surface area contributed by atoms with E-state index in [0.29, 0.717) is 23.9 Å². The summed E-state index contributed by atoms with van der Waals surface area (Å²) in [5, 5.41) is 16.7. The highest BCUT2D eigenvalue weighted by atomic mass is 16.5. The monoisotopic (exact) mass is 428 g/mol. The fraction of sp³-hybridized carbons (Fsp3) is 0.0870. The fourth-order valence-electron chi connectivity index (χ4n) is 2.85. The summed E-state index contributed by atoms with van der Waals surface area (Å²) in [4.78, 5) is 25.3. The Labute approximate surface area is 184 Å². The lowest BCUT2D eigenvalue weighted by atomic mass is 10.2. The van der Waals surface area contributed by atoms with Crippen molar-refractivity contribution in [3.8, 4) is 17.1 Å². The van der Waals surface area contributed by atoms with E-state index >= 15 is 0 Å². The molecule has 0 unspecified atom stereocenters. The molecule has 3 amide bonds. The molecule has 160 valence electrons. The minimum absolute atomic E-state index is 0.237. The molecule has 0 aliphatic heterocycles. The third-order valence-electron chi connectivity index (χ3n) is 4.38. The lowest BCUT2D eigenvalue weighted by Gasteiger charge is -2.09. The first-order chi connectivity index (χ1) is 15.7. The van der Waals surface area contributed by atoms with Crippen molar-refractivity contribution in [3.05, 3.63) is 90.5 Å². The Morgan fingerprint density at radius 2 is 1.56 bits per heavy atom. The molecule has 0 spiro atoms. The van der Waals surface area contributed by atoms with E-state index in [2.05, 4.69) is 26.0 Å². The van der Waals surface area contributed by atoms with Crippen LogP contribution in [-0.4, -0.2) is 32.1 Å². The van der Waals surface area contributed by atoms with Crippen LogP contribution in [0.3, 0.4) is 0 Å². The van der Waals surface area contributed by atoms with Crippen molar-refractivity contribution in [3.63, 3.8) is 0 Å². The van der Waals surface area contributed by atoms with Gasteiger partial charge >= 0.3 is 6.03 Å². The smallest absolute Gasteiger partial charge is 0.325 e. The maximum Gasteiger partial charge on any atom is 0.325 e. The molecular weight excluding hydrogens is 408 g/mol. The second-order valence-corrected chi connectivity index (χ2v) is 6.81. The van der Waals surface area contributed by atoms with Gasteiger partial charge in [-0.1, -0.05) is 60.7 Å². The van der Waals surface area contributed by atoms with Gasteiger partial charge in [0, 0.05) is 11.3 Å². The third-order valence-corrected chi connectivity index (χ3v) is 4.38. The molecule has 0 aliphatic carbocycles. The molecule has 0 fully saturated rings. The van der Waals surface area contributed by atoms with Crippen molar-refractivity contribution in [2.45, 2.75) is 13.2 Å². The standard InChI is InChI=1S/C23H20N6O3/c30-21(15-29-27-22(26-28-29)18-9-5-2-6-10-18)25-23(31)24-19-11-13-20(14-12-19)32-16-17-7-3-1-4-8-17/h1-14H,15-16H2,(H2,24,25,30,31). The van der Waals surface area contributed by atoms with Crippen LogP contribution >= 0.6 is 0 Å². The molecule has 1 heterocycles. The SMILES string of the molecule is O=C(Cn1nnc(-c2ccccc2)n1)NC(=O)Nc1ccc(OCc2ccccc2)cc1. The number of ether oxygens (including phenoxy) is 1. The van der Waals surface area contributed by atoms with Gasteiger partial charge in [-0.05, 0) is 35.0 Å². The van der Waals surface area contributed by atoms with Gasteiger partial charge in [-0.3, -0.25) is 10.1 Å². The van der Waals surface area contributed by atoms with Crippen LogP contribution in [0, 0.1) is 0 Å². The normalized spacial score (nSPS) is 10.4. The Balaban J connectivity index is 1.24. The molecule has 0 atom stereocenters. The van der Waals surface area contributed by atoms with Crippen LogP contribution in [-0.2, 0) is 17.9 Å². The lowest BCUT2D eigenvalue weighted by molar-refractivity contribution is -0.120. The number of nitrogens with zero attached hydrogens (tertiary/aromatic N) is 4. The van der Waals surface area contributed by atoms with E-state index in [-0.39, 0.29) is 6.54 Å². The van der Waals surface area contributed by atoms with E-state index in [1.807, 2.05) is 60.7 Å². The van der Waals surface area contributed by atoms with Gasteiger partial charge in [0.25, 0.3) is 5.91 Å². The summed E-state index contributed by atoms with van der Waals surface area (Å²) >= 11 is 0. The summed E-state index contributed by atoms with van der Waals surface area (Å²) in [6.07, 6.45) is 0. The Bertz CT molecular complexity index is 1180. The van der Waals surface area contributed by atoms with Gasteiger partial charge in [0.1, 0.15) is 18.9 Å². The number of anilines is 1. The Hall–Kier alpha value is -4.53. The van der Waals surface area contributed by atoms with E-state index in [4.69, 9.17) is 4.74 Å². The second-order valence-electron chi connectivity index (χ2n) is 6.81. The van der Waals surface area contributed by atoms with Gasteiger partial charge < -0.3 is 10.1 Å². The number of urea groups is 1. The summed E-state index contributed by atoms with van der Waals surface area (Å²) in [5.74, 6) is 0.502. The molecule has 1 aromatic heterocycles. The van der Waals surface area contributed by atoms with Crippen molar-refractivity contribution in [2.75, 3.05) is 5.32 Å². The Morgan fingerprint density at radius 1 is 0.875 bits per heavy atom. The molecule has 0 saturated carbocycles. The number of hydrogen-bond donors (Lipinski definition) is 2. The van der Waals surface area contributed by atoms with E-state index in [1.165, 1.54) is 0 Å². The van der Waals surface area contributed by atoms with Crippen LogP contribution in [0.25, 0.3) is 11.4 Å². The first-order valence-corrected chi connectivity index (χ1v) is 9.86. The minimum Gasteiger partial charge on any atom is -0.489 e. The number of hydrogen-bond acceptors (Lipinski definition) is 6. The van der Waals surface area contributed by atoms with Gasteiger partial charge in [0.05, 0.1) is 0 Å². The molecule has 32 heavy (non-hydrogen) atoms. The Kier molecular flexibility index (Phi) is 6.47. The van der Waals surface area contributed by atoms with E-state index in [0.717, 1.165) is 15.9 Å². The van der Waals surface area contributed by atoms with Crippen LogP contribution in [0.4, 0.5) is 10.5 Å². The molecule has 0 bridgehead atoms. The average molecular weight is 428 g/mol. The van der Waals surface area contributed by atoms with Crippen LogP contribution in [0.15, 0.2) is 84.9 Å². The number of nitrogens with one attached hydrogen (secondary N) is 2. The van der Waals surface area contributed by atoms with Crippen molar-refractivity contribution in [1.29, 1.82) is 0 Å². The molecule has 9 heteroatoms. The molecule has 0 saturated heterocycles. The van der Waals surface area contributed by atoms with Crippen LogP contribution in [0.5, 0.6) is 5.75 Å². The molecule has 0 radical (unpaired) electrons. The van der Waals surface area contributed by atoms with E-state index in [1.54, 1.807) is 24.3 Å². The minimum atomic E-state index is -0.656. The van der Waals surface area contributed by atoms with Crippen molar-refractivity contribution < 1.29 is 14.3 Å². The van der Waals surface area contributed by atoms with E-state index < -0.39 is 11.9 Å². The summed E-state index contributed by atoms with van der Waals surface area (Å²) in [6.45, 7) is 0.213. The zero-order valence-corrected chi connectivity index (χ0v) is 17.0. The number of rotatable bonds is 7. The number of amides is 3. The predicted molar refractivity (Wildman–Crippen MR) is 118 cm³/mol. The molecule has 9 nitrogen and oxygen atoms in total. The molecule has 0 aliphatic rings. The summed E-state index contributed by atoms with van der Waals surface area (Å²) in [5.41, 5.74) is 2.37. The second kappa shape index (κ2) is 9.98.